The summed E-state index contributed by atoms with van der Waals surface area (Å²) in [5.74, 6) is -0.204. The molecule has 0 fully saturated rings. The predicted octanol–water partition coefficient (Wildman–Crippen LogP) is 23.9. The van der Waals surface area contributed by atoms with Crippen molar-refractivity contribution in [2.45, 2.75) is 398 Å². The van der Waals surface area contributed by atoms with E-state index in [1.807, 2.05) is 27.2 Å². The standard InChI is InChI=1S/C77H149N2O6P/c1-6-8-10-12-14-16-18-20-22-24-26-28-30-32-34-36-38-39-41-43-45-47-49-51-53-55-57-59-61-63-65-67-69-71-77(81)78-75(74-85-86(82,83)84-73-72-79(3,4)5)76(80)70-68-66-64-62-60-58-56-54-52-50-48-46-44-42-40-37-35-33-31-29-27-25-23-21-19-17-15-13-11-9-7-2/h24,26,52,54,60,62,68,70,75-76,80H,6-23,25,27-51,53,55-59,61,63-67,69,71-74H2,1-5H3,(H-,78,81,82,83)/b26-24-,54-52+,62-60+,70-68+. The first kappa shape index (κ1) is 84.5. The van der Waals surface area contributed by atoms with Gasteiger partial charge in [-0.25, -0.2) is 0 Å². The van der Waals surface area contributed by atoms with E-state index in [0.29, 0.717) is 17.4 Å². The Morgan fingerprint density at radius 1 is 0.395 bits per heavy atom. The molecule has 0 aromatic heterocycles. The van der Waals surface area contributed by atoms with Crippen LogP contribution >= 0.6 is 7.82 Å². The second kappa shape index (κ2) is 67.8. The monoisotopic (exact) mass is 1230 g/mol. The summed E-state index contributed by atoms with van der Waals surface area (Å²) in [4.78, 5) is 25.7. The number of rotatable bonds is 71. The van der Waals surface area contributed by atoms with E-state index in [1.54, 1.807) is 6.08 Å². The number of hydrogen-bond acceptors (Lipinski definition) is 6. The molecule has 0 aromatic carbocycles. The summed E-state index contributed by atoms with van der Waals surface area (Å²) in [6.45, 7) is 4.68. The minimum atomic E-state index is -4.62. The molecule has 0 spiro atoms. The van der Waals surface area contributed by atoms with Crippen molar-refractivity contribution >= 4 is 13.7 Å². The third kappa shape index (κ3) is 69.9. The van der Waals surface area contributed by atoms with Crippen molar-refractivity contribution in [3.8, 4) is 0 Å². The molecule has 86 heavy (non-hydrogen) atoms. The van der Waals surface area contributed by atoms with E-state index in [2.05, 4.69) is 55.6 Å². The van der Waals surface area contributed by atoms with Gasteiger partial charge in [0.25, 0.3) is 7.82 Å². The van der Waals surface area contributed by atoms with Crippen molar-refractivity contribution in [1.82, 2.24) is 5.32 Å². The van der Waals surface area contributed by atoms with Crippen LogP contribution in [-0.2, 0) is 18.4 Å². The van der Waals surface area contributed by atoms with E-state index in [4.69, 9.17) is 9.05 Å². The van der Waals surface area contributed by atoms with Crippen LogP contribution in [0.25, 0.3) is 0 Å². The van der Waals surface area contributed by atoms with Crippen LogP contribution in [0.4, 0.5) is 0 Å². The van der Waals surface area contributed by atoms with Gasteiger partial charge >= 0.3 is 0 Å². The molecule has 3 atom stereocenters. The molecule has 0 heterocycles. The summed E-state index contributed by atoms with van der Waals surface area (Å²) < 4.78 is 23.5. The van der Waals surface area contributed by atoms with Gasteiger partial charge < -0.3 is 28.8 Å². The van der Waals surface area contributed by atoms with E-state index in [1.165, 1.54) is 321 Å². The smallest absolute Gasteiger partial charge is 0.268 e. The maximum Gasteiger partial charge on any atom is 0.268 e. The van der Waals surface area contributed by atoms with Gasteiger partial charge in [0, 0.05) is 6.42 Å². The first-order valence-corrected chi connectivity index (χ1v) is 39.5. The Bertz CT molecular complexity index is 1540. The van der Waals surface area contributed by atoms with Crippen molar-refractivity contribution in [1.29, 1.82) is 0 Å². The molecule has 0 saturated heterocycles. The highest BCUT2D eigenvalue weighted by Crippen LogP contribution is 2.38. The topological polar surface area (TPSA) is 108 Å². The van der Waals surface area contributed by atoms with Gasteiger partial charge in [0.05, 0.1) is 39.9 Å². The van der Waals surface area contributed by atoms with Crippen LogP contribution in [0, 0.1) is 0 Å². The van der Waals surface area contributed by atoms with Gasteiger partial charge in [-0.15, -0.1) is 0 Å². The van der Waals surface area contributed by atoms with Gasteiger partial charge in [0.2, 0.25) is 5.91 Å². The molecule has 0 bridgehead atoms. The van der Waals surface area contributed by atoms with Gasteiger partial charge in [-0.05, 0) is 70.6 Å². The molecule has 2 N–H and O–H groups in total. The van der Waals surface area contributed by atoms with Gasteiger partial charge in [0.1, 0.15) is 13.2 Å². The molecule has 508 valence electrons. The SMILES string of the molecule is CCCCCCCCCC/C=C\CCCCCCCCCCCCCCCCCCCCCCCC(=O)NC(COP(=O)([O-])OCC[N+](C)(C)C)C(O)/C=C/CC/C=C/CC/C=C/CCCCCCCCCCCCCCCCCCCCCCC. The molecule has 3 unspecified atom stereocenters. The zero-order valence-corrected chi connectivity index (χ0v) is 59.2. The van der Waals surface area contributed by atoms with Crippen molar-refractivity contribution in [2.75, 3.05) is 40.9 Å². The van der Waals surface area contributed by atoms with Crippen LogP contribution < -0.4 is 10.2 Å². The predicted molar refractivity (Wildman–Crippen MR) is 376 cm³/mol. The Morgan fingerprint density at radius 2 is 0.651 bits per heavy atom. The van der Waals surface area contributed by atoms with Gasteiger partial charge in [-0.2, -0.15) is 0 Å². The number of aliphatic hydroxyl groups excluding tert-OH is 1. The van der Waals surface area contributed by atoms with Gasteiger partial charge in [-0.1, -0.05) is 358 Å². The fourth-order valence-electron chi connectivity index (χ4n) is 11.6. The molecule has 0 aromatic rings. The summed E-state index contributed by atoms with van der Waals surface area (Å²) >= 11 is 0. The van der Waals surface area contributed by atoms with Crippen molar-refractivity contribution in [2.24, 2.45) is 0 Å². The largest absolute Gasteiger partial charge is 0.756 e. The number of carbonyl (C=O) groups excluding carboxylic acids is 1. The molecule has 0 radical (unpaired) electrons. The average Bonchev–Trinajstić information content (AvgIpc) is 3.70. The first-order chi connectivity index (χ1) is 42.0. The summed E-state index contributed by atoms with van der Waals surface area (Å²) in [5.41, 5.74) is 0. The fraction of sp³-hybridized carbons (Fsp3) is 0.883. The van der Waals surface area contributed by atoms with E-state index >= 15 is 0 Å². The third-order valence-corrected chi connectivity index (χ3v) is 18.5. The Labute approximate surface area is 537 Å². The van der Waals surface area contributed by atoms with E-state index in [-0.39, 0.29) is 12.5 Å². The number of carbonyl (C=O) groups is 1. The molecule has 1 amide bonds. The quantitative estimate of drug-likeness (QED) is 0.0272. The molecular weight excluding hydrogens is 1080 g/mol. The van der Waals surface area contributed by atoms with Crippen LogP contribution in [-0.4, -0.2) is 68.5 Å². The Morgan fingerprint density at radius 3 is 0.942 bits per heavy atom. The molecule has 0 rings (SSSR count). The Hall–Kier alpha value is -1.54. The summed E-state index contributed by atoms with van der Waals surface area (Å²) in [5, 5.41) is 14.0. The first-order valence-electron chi connectivity index (χ1n) is 38.0. The molecule has 0 saturated carbocycles. The molecule has 9 heteroatoms. The van der Waals surface area contributed by atoms with Crippen molar-refractivity contribution in [3.05, 3.63) is 48.6 Å². The lowest BCUT2D eigenvalue weighted by molar-refractivity contribution is -0.870. The van der Waals surface area contributed by atoms with Gasteiger partial charge in [-0.3, -0.25) is 9.36 Å². The maximum atomic E-state index is 13.1. The van der Waals surface area contributed by atoms with Crippen LogP contribution in [0.2, 0.25) is 0 Å². The Balaban J connectivity index is 4.05. The Kier molecular flexibility index (Phi) is 66.6. The second-order valence-corrected chi connectivity index (χ2v) is 28.7. The average molecular weight is 1230 g/mol. The highest BCUT2D eigenvalue weighted by molar-refractivity contribution is 7.45. The number of amides is 1. The number of likely N-dealkylation sites (N-methyl/N-ethyl adjacent to an activating group) is 1. The van der Waals surface area contributed by atoms with Crippen LogP contribution in [0.1, 0.15) is 386 Å². The van der Waals surface area contributed by atoms with E-state index in [9.17, 15) is 19.4 Å². The minimum Gasteiger partial charge on any atom is -0.756 e. The number of hydrogen-bond donors (Lipinski definition) is 2. The number of phosphoric acid groups is 1. The van der Waals surface area contributed by atoms with E-state index < -0.39 is 26.6 Å². The highest BCUT2D eigenvalue weighted by atomic mass is 31.2. The molecule has 0 aliphatic rings. The maximum absolute atomic E-state index is 13.1. The van der Waals surface area contributed by atoms with E-state index in [0.717, 1.165) is 44.9 Å². The number of unbranched alkanes of at least 4 members (excludes halogenated alkanes) is 52. The molecule has 8 nitrogen and oxygen atoms in total. The number of nitrogens with one attached hydrogen (secondary N) is 1. The normalized spacial score (nSPS) is 13.8. The lowest BCUT2D eigenvalue weighted by Crippen LogP contribution is -2.45. The summed E-state index contributed by atoms with van der Waals surface area (Å²) in [7, 11) is 1.25. The number of aliphatic hydroxyl groups is 1. The number of nitrogens with zero attached hydrogens (tertiary/aromatic N) is 1. The number of allylic oxidation sites excluding steroid dienone is 7. The fourth-order valence-corrected chi connectivity index (χ4v) is 12.3. The van der Waals surface area contributed by atoms with Gasteiger partial charge in [0.15, 0.2) is 0 Å². The number of phosphoric ester groups is 1. The summed E-state index contributed by atoms with van der Waals surface area (Å²) in [6, 6.07) is -0.911. The van der Waals surface area contributed by atoms with Crippen molar-refractivity contribution < 1.29 is 32.9 Å². The number of quaternary nitrogens is 1. The molecular formula is C77H149N2O6P. The third-order valence-electron chi connectivity index (χ3n) is 17.5. The summed E-state index contributed by atoms with van der Waals surface area (Å²) in [6.07, 6.45) is 92.7. The van der Waals surface area contributed by atoms with Crippen LogP contribution in [0.5, 0.6) is 0 Å². The van der Waals surface area contributed by atoms with Crippen molar-refractivity contribution in [3.63, 3.8) is 0 Å². The second-order valence-electron chi connectivity index (χ2n) is 27.3. The zero-order chi connectivity index (χ0) is 62.6. The highest BCUT2D eigenvalue weighted by Gasteiger charge is 2.23. The van der Waals surface area contributed by atoms with Crippen LogP contribution in [0.15, 0.2) is 48.6 Å². The zero-order valence-electron chi connectivity index (χ0n) is 58.3. The molecule has 0 aliphatic carbocycles. The minimum absolute atomic E-state index is 0.00791. The molecule has 0 aliphatic heterocycles. The lowest BCUT2D eigenvalue weighted by Gasteiger charge is -2.29. The van der Waals surface area contributed by atoms with Crippen LogP contribution in [0.3, 0.4) is 0 Å². The lowest BCUT2D eigenvalue weighted by atomic mass is 10.0.